The summed E-state index contributed by atoms with van der Waals surface area (Å²) in [5, 5.41) is 19.9. The molecule has 2 aromatic carbocycles. The van der Waals surface area contributed by atoms with Gasteiger partial charge in [0.25, 0.3) is 5.91 Å². The number of hydrogen-bond acceptors (Lipinski definition) is 5. The fourth-order valence-corrected chi connectivity index (χ4v) is 2.45. The van der Waals surface area contributed by atoms with E-state index >= 15 is 0 Å². The predicted molar refractivity (Wildman–Crippen MR) is 112 cm³/mol. The second-order valence-electron chi connectivity index (χ2n) is 6.48. The Morgan fingerprint density at radius 3 is 2.39 bits per heavy atom. The van der Waals surface area contributed by atoms with Crippen molar-refractivity contribution in [2.24, 2.45) is 5.10 Å². The van der Waals surface area contributed by atoms with E-state index in [-0.39, 0.29) is 24.1 Å². The molecule has 0 fully saturated rings. The lowest BCUT2D eigenvalue weighted by atomic mass is 10.1. The van der Waals surface area contributed by atoms with Crippen LogP contribution in [0.5, 0.6) is 5.75 Å². The number of anilines is 2. The molecule has 2 aromatic rings. The highest BCUT2D eigenvalue weighted by atomic mass is 16.3. The van der Waals surface area contributed by atoms with Gasteiger partial charge < -0.3 is 15.7 Å². The van der Waals surface area contributed by atoms with Crippen LogP contribution in [0.2, 0.25) is 0 Å². The molecule has 28 heavy (non-hydrogen) atoms. The number of hydrazone groups is 1. The summed E-state index contributed by atoms with van der Waals surface area (Å²) in [7, 11) is 0. The molecule has 0 aliphatic heterocycles. The third kappa shape index (κ3) is 6.42. The van der Waals surface area contributed by atoms with Crippen LogP contribution in [0.3, 0.4) is 0 Å². The number of nitrogens with one attached hydrogen (secondary N) is 3. The Hall–Kier alpha value is -3.35. The molecule has 0 aliphatic carbocycles. The van der Waals surface area contributed by atoms with Gasteiger partial charge in [0.05, 0.1) is 12.3 Å². The van der Waals surface area contributed by atoms with Gasteiger partial charge >= 0.3 is 0 Å². The number of carbonyl (C=O) groups excluding carboxylic acids is 2. The number of hydrogen-bond donors (Lipinski definition) is 4. The fourth-order valence-electron chi connectivity index (χ4n) is 2.45. The molecule has 2 rings (SSSR count). The summed E-state index contributed by atoms with van der Waals surface area (Å²) < 4.78 is 0. The van der Waals surface area contributed by atoms with Crippen LogP contribution < -0.4 is 16.1 Å². The highest BCUT2D eigenvalue weighted by Gasteiger charge is 2.09. The van der Waals surface area contributed by atoms with E-state index < -0.39 is 0 Å². The molecule has 0 aliphatic rings. The zero-order valence-electron chi connectivity index (χ0n) is 16.4. The summed E-state index contributed by atoms with van der Waals surface area (Å²) in [5.74, 6) is -0.391. The number of phenolic OH excluding ortho intramolecular Hbond substituents is 1. The van der Waals surface area contributed by atoms with Crippen molar-refractivity contribution in [3.63, 3.8) is 0 Å². The third-order valence-corrected chi connectivity index (χ3v) is 4.00. The minimum atomic E-state index is -0.313. The molecule has 0 saturated heterocycles. The van der Waals surface area contributed by atoms with Crippen LogP contribution in [0.25, 0.3) is 0 Å². The second kappa shape index (κ2) is 10.1. The SMILES string of the molecule is CCCC(=O)Nc1ccc(O)c(/C(C)=N/NC(=O)CNc2ccc(C)cc2)c1. The normalized spacial score (nSPS) is 11.0. The minimum Gasteiger partial charge on any atom is -0.507 e. The Balaban J connectivity index is 1.96. The first-order valence-electron chi connectivity index (χ1n) is 9.16. The van der Waals surface area contributed by atoms with E-state index in [1.807, 2.05) is 38.1 Å². The molecule has 7 nitrogen and oxygen atoms in total. The Morgan fingerprint density at radius 2 is 1.71 bits per heavy atom. The van der Waals surface area contributed by atoms with Crippen molar-refractivity contribution in [3.05, 3.63) is 53.6 Å². The first-order chi connectivity index (χ1) is 13.4. The maximum atomic E-state index is 12.0. The molecule has 2 amide bonds. The summed E-state index contributed by atoms with van der Waals surface area (Å²) >= 11 is 0. The number of aromatic hydroxyl groups is 1. The highest BCUT2D eigenvalue weighted by molar-refractivity contribution is 6.03. The highest BCUT2D eigenvalue weighted by Crippen LogP contribution is 2.22. The number of aryl methyl sites for hydroxylation is 1. The number of benzene rings is 2. The van der Waals surface area contributed by atoms with Gasteiger partial charge in [0.1, 0.15) is 5.75 Å². The molecule has 4 N–H and O–H groups in total. The van der Waals surface area contributed by atoms with E-state index in [2.05, 4.69) is 21.2 Å². The van der Waals surface area contributed by atoms with Gasteiger partial charge in [0.2, 0.25) is 5.91 Å². The molecule has 0 bridgehead atoms. The molecule has 0 heterocycles. The van der Waals surface area contributed by atoms with Crippen molar-refractivity contribution >= 4 is 28.9 Å². The summed E-state index contributed by atoms with van der Waals surface area (Å²) in [6.45, 7) is 5.65. The molecule has 0 atom stereocenters. The predicted octanol–water partition coefficient (Wildman–Crippen LogP) is 3.39. The van der Waals surface area contributed by atoms with Gasteiger partial charge in [-0.05, 0) is 50.6 Å². The quantitative estimate of drug-likeness (QED) is 0.319. The summed E-state index contributed by atoms with van der Waals surface area (Å²) in [6.07, 6.45) is 1.17. The molecule has 0 aromatic heterocycles. The molecule has 0 radical (unpaired) electrons. The van der Waals surface area contributed by atoms with Gasteiger partial charge in [0.15, 0.2) is 0 Å². The van der Waals surface area contributed by atoms with Crippen molar-refractivity contribution in [2.75, 3.05) is 17.2 Å². The standard InChI is InChI=1S/C21H26N4O3/c1-4-5-20(27)23-17-10-11-19(26)18(12-17)15(3)24-25-21(28)13-22-16-8-6-14(2)7-9-16/h6-12,22,26H,4-5,13H2,1-3H3,(H,23,27)(H,25,28)/b24-15+. The Morgan fingerprint density at radius 1 is 1.04 bits per heavy atom. The number of carbonyl (C=O) groups is 2. The third-order valence-electron chi connectivity index (χ3n) is 4.00. The van der Waals surface area contributed by atoms with Crippen molar-refractivity contribution in [2.45, 2.75) is 33.6 Å². The van der Waals surface area contributed by atoms with Gasteiger partial charge in [-0.3, -0.25) is 9.59 Å². The van der Waals surface area contributed by atoms with E-state index in [1.54, 1.807) is 19.1 Å². The molecule has 0 unspecified atom stereocenters. The van der Waals surface area contributed by atoms with Crippen molar-refractivity contribution in [1.82, 2.24) is 5.43 Å². The monoisotopic (exact) mass is 382 g/mol. The first-order valence-corrected chi connectivity index (χ1v) is 9.16. The van der Waals surface area contributed by atoms with E-state index in [1.165, 1.54) is 6.07 Å². The van der Waals surface area contributed by atoms with Crippen LogP contribution in [-0.2, 0) is 9.59 Å². The van der Waals surface area contributed by atoms with Gasteiger partial charge in [-0.25, -0.2) is 5.43 Å². The number of rotatable bonds is 8. The lowest BCUT2D eigenvalue weighted by molar-refractivity contribution is -0.119. The fraction of sp³-hybridized carbons (Fsp3) is 0.286. The second-order valence-corrected chi connectivity index (χ2v) is 6.48. The van der Waals surface area contributed by atoms with Crippen LogP contribution in [0, 0.1) is 6.92 Å². The summed E-state index contributed by atoms with van der Waals surface area (Å²) in [4.78, 5) is 23.7. The summed E-state index contributed by atoms with van der Waals surface area (Å²) in [5.41, 5.74) is 5.86. The van der Waals surface area contributed by atoms with Crippen LogP contribution in [0.4, 0.5) is 11.4 Å². The van der Waals surface area contributed by atoms with Gasteiger partial charge in [-0.15, -0.1) is 0 Å². The molecule has 0 spiro atoms. The number of phenols is 1. The van der Waals surface area contributed by atoms with E-state index in [0.717, 1.165) is 17.7 Å². The Kier molecular flexibility index (Phi) is 7.56. The molecule has 148 valence electrons. The van der Waals surface area contributed by atoms with Gasteiger partial charge in [-0.2, -0.15) is 5.10 Å². The van der Waals surface area contributed by atoms with E-state index in [4.69, 9.17) is 0 Å². The lowest BCUT2D eigenvalue weighted by Gasteiger charge is -2.10. The van der Waals surface area contributed by atoms with Crippen LogP contribution in [0.1, 0.15) is 37.8 Å². The Bertz CT molecular complexity index is 860. The van der Waals surface area contributed by atoms with Crippen LogP contribution in [-0.4, -0.2) is 29.2 Å². The van der Waals surface area contributed by atoms with Gasteiger partial charge in [0, 0.05) is 23.4 Å². The van der Waals surface area contributed by atoms with Crippen molar-refractivity contribution in [3.8, 4) is 5.75 Å². The topological polar surface area (TPSA) is 103 Å². The molecular formula is C21H26N4O3. The zero-order chi connectivity index (χ0) is 20.5. The average molecular weight is 382 g/mol. The minimum absolute atomic E-state index is 0.0155. The van der Waals surface area contributed by atoms with Gasteiger partial charge in [-0.1, -0.05) is 24.6 Å². The van der Waals surface area contributed by atoms with Crippen LogP contribution in [0.15, 0.2) is 47.6 Å². The van der Waals surface area contributed by atoms with E-state index in [9.17, 15) is 14.7 Å². The molecule has 7 heteroatoms. The zero-order valence-corrected chi connectivity index (χ0v) is 16.4. The van der Waals surface area contributed by atoms with Crippen molar-refractivity contribution in [1.29, 1.82) is 0 Å². The van der Waals surface area contributed by atoms with E-state index in [0.29, 0.717) is 23.4 Å². The largest absolute Gasteiger partial charge is 0.507 e. The van der Waals surface area contributed by atoms with Crippen LogP contribution >= 0.6 is 0 Å². The lowest BCUT2D eigenvalue weighted by Crippen LogP contribution is -2.26. The smallest absolute Gasteiger partial charge is 0.259 e. The molecule has 0 saturated carbocycles. The maximum absolute atomic E-state index is 12.0. The first kappa shape index (κ1) is 21.0. The summed E-state index contributed by atoms with van der Waals surface area (Å²) in [6, 6.07) is 12.4. The average Bonchev–Trinajstić information content (AvgIpc) is 2.67. The Labute approximate surface area is 164 Å². The number of nitrogens with zero attached hydrogens (tertiary/aromatic N) is 1. The van der Waals surface area contributed by atoms with Crippen molar-refractivity contribution < 1.29 is 14.7 Å². The molecular weight excluding hydrogens is 356 g/mol. The number of amides is 2. The maximum Gasteiger partial charge on any atom is 0.259 e.